The molecule has 0 radical (unpaired) electrons. The summed E-state index contributed by atoms with van der Waals surface area (Å²) in [6.45, 7) is 7.59. The van der Waals surface area contributed by atoms with E-state index in [2.05, 4.69) is 4.98 Å². The number of halogens is 3. The number of fused-ring (bicyclic) bond motifs is 8. The van der Waals surface area contributed by atoms with E-state index in [0.717, 1.165) is 28.3 Å². The average molecular weight is 751 g/mol. The van der Waals surface area contributed by atoms with Crippen molar-refractivity contribution in [1.29, 1.82) is 0 Å². The first-order valence-electron chi connectivity index (χ1n) is 17.0. The molecule has 0 spiro atoms. The SMILES string of the molecule is COC(=O)[C@@H](C)Cc1cccc([C@@]2(C)CCCC(C)(C)CS(=O)(=O)/C=C/c3c(c(F)c(F)c4[nH]ccc34)Sc3ccc(F)c(c3)-c3nc2nn3C)c1. The van der Waals surface area contributed by atoms with Gasteiger partial charge < -0.3 is 9.72 Å². The second-order valence-electron chi connectivity index (χ2n) is 14.6. The number of aryl methyl sites for hydroxylation is 1. The van der Waals surface area contributed by atoms with Crippen LogP contribution in [0.5, 0.6) is 0 Å². The number of aromatic nitrogens is 4. The van der Waals surface area contributed by atoms with Crippen molar-refractivity contribution in [1.82, 2.24) is 19.7 Å². The quantitative estimate of drug-likeness (QED) is 0.183. The fourth-order valence-corrected chi connectivity index (χ4v) is 9.71. The van der Waals surface area contributed by atoms with E-state index in [-0.39, 0.29) is 45.0 Å². The minimum Gasteiger partial charge on any atom is -0.469 e. The Morgan fingerprint density at radius 3 is 2.60 bits per heavy atom. The number of esters is 1. The van der Waals surface area contributed by atoms with Crippen molar-refractivity contribution >= 4 is 44.5 Å². The number of H-pyrrole nitrogens is 1. The number of sulfone groups is 1. The van der Waals surface area contributed by atoms with Crippen molar-refractivity contribution in [3.8, 4) is 11.4 Å². The minimum atomic E-state index is -3.82. The Morgan fingerprint density at radius 2 is 1.85 bits per heavy atom. The Bertz CT molecular complexity index is 2320. The molecular formula is C39H41F3N4O4S2. The van der Waals surface area contributed by atoms with Gasteiger partial charge in [-0.1, -0.05) is 63.2 Å². The smallest absolute Gasteiger partial charge is 0.308 e. The van der Waals surface area contributed by atoms with E-state index < -0.39 is 38.1 Å². The minimum absolute atomic E-state index is 0.0839. The molecule has 5 aromatic rings. The maximum atomic E-state index is 15.8. The first-order valence-corrected chi connectivity index (χ1v) is 19.5. The number of ether oxygens (including phenoxy) is 1. The number of nitrogens with one attached hydrogen (secondary N) is 1. The molecule has 52 heavy (non-hydrogen) atoms. The summed E-state index contributed by atoms with van der Waals surface area (Å²) in [6, 6.07) is 13.6. The van der Waals surface area contributed by atoms with Crippen LogP contribution in [0.25, 0.3) is 28.4 Å². The van der Waals surface area contributed by atoms with Gasteiger partial charge in [0.2, 0.25) is 0 Å². The number of nitrogens with zero attached hydrogens (tertiary/aromatic N) is 3. The number of carbonyl (C=O) groups excluding carboxylic acids is 1. The van der Waals surface area contributed by atoms with Crippen LogP contribution in [-0.2, 0) is 38.3 Å². The highest BCUT2D eigenvalue weighted by molar-refractivity contribution is 7.99. The number of hydrogen-bond acceptors (Lipinski definition) is 7. The van der Waals surface area contributed by atoms with E-state index in [1.807, 2.05) is 45.0 Å². The highest BCUT2D eigenvalue weighted by Crippen LogP contribution is 2.42. The number of benzene rings is 3. The van der Waals surface area contributed by atoms with Crippen LogP contribution in [0.3, 0.4) is 0 Å². The van der Waals surface area contributed by atoms with Gasteiger partial charge in [0.1, 0.15) is 5.82 Å². The molecule has 3 aromatic carbocycles. The number of carbonyl (C=O) groups is 1. The van der Waals surface area contributed by atoms with Crippen LogP contribution in [0, 0.1) is 28.8 Å². The number of aromatic amines is 1. The van der Waals surface area contributed by atoms with Crippen molar-refractivity contribution in [2.45, 2.75) is 68.6 Å². The summed E-state index contributed by atoms with van der Waals surface area (Å²) in [4.78, 5) is 20.1. The average Bonchev–Trinajstić information content (AvgIpc) is 3.74. The van der Waals surface area contributed by atoms with E-state index >= 15 is 13.2 Å². The molecule has 8 nitrogen and oxygen atoms in total. The normalized spacial score (nSPS) is 20.0. The first kappa shape index (κ1) is 37.4. The Balaban J connectivity index is 1.52. The summed E-state index contributed by atoms with van der Waals surface area (Å²) in [7, 11) is -0.788. The predicted octanol–water partition coefficient (Wildman–Crippen LogP) is 8.79. The van der Waals surface area contributed by atoms with Gasteiger partial charge in [0.25, 0.3) is 0 Å². The maximum Gasteiger partial charge on any atom is 0.308 e. The van der Waals surface area contributed by atoms with Gasteiger partial charge in [-0.15, -0.1) is 0 Å². The van der Waals surface area contributed by atoms with Gasteiger partial charge in [-0.2, -0.15) is 5.10 Å². The molecule has 1 aliphatic heterocycles. The molecular weight excluding hydrogens is 710 g/mol. The molecule has 0 amide bonds. The van der Waals surface area contributed by atoms with Gasteiger partial charge in [-0.05, 0) is 73.1 Å². The van der Waals surface area contributed by atoms with Crippen LogP contribution in [0.1, 0.15) is 69.5 Å². The molecule has 274 valence electrons. The summed E-state index contributed by atoms with van der Waals surface area (Å²) in [5, 5.41) is 6.19. The van der Waals surface area contributed by atoms with Crippen molar-refractivity contribution in [2.75, 3.05) is 12.9 Å². The Kier molecular flexibility index (Phi) is 10.2. The van der Waals surface area contributed by atoms with Crippen LogP contribution in [-0.4, -0.2) is 47.0 Å². The molecule has 2 aromatic heterocycles. The van der Waals surface area contributed by atoms with Gasteiger partial charge >= 0.3 is 5.97 Å². The van der Waals surface area contributed by atoms with E-state index in [9.17, 15) is 13.2 Å². The van der Waals surface area contributed by atoms with Crippen LogP contribution in [0.2, 0.25) is 0 Å². The summed E-state index contributed by atoms with van der Waals surface area (Å²) in [5.74, 6) is -3.01. The van der Waals surface area contributed by atoms with Gasteiger partial charge in [0.15, 0.2) is 33.1 Å². The third-order valence-electron chi connectivity index (χ3n) is 9.82. The van der Waals surface area contributed by atoms with E-state index in [1.54, 1.807) is 20.0 Å². The van der Waals surface area contributed by atoms with Crippen molar-refractivity contribution in [3.05, 3.63) is 100 Å². The number of methoxy groups -OCH3 is 1. The highest BCUT2D eigenvalue weighted by Gasteiger charge is 2.36. The lowest BCUT2D eigenvalue weighted by molar-refractivity contribution is -0.144. The highest BCUT2D eigenvalue weighted by atomic mass is 32.2. The topological polar surface area (TPSA) is 107 Å². The van der Waals surface area contributed by atoms with Crippen LogP contribution >= 0.6 is 11.8 Å². The van der Waals surface area contributed by atoms with Crippen molar-refractivity contribution in [2.24, 2.45) is 18.4 Å². The van der Waals surface area contributed by atoms with Gasteiger partial charge in [-0.25, -0.2) is 31.3 Å². The molecule has 0 saturated carbocycles. The Hall–Kier alpha value is -4.36. The van der Waals surface area contributed by atoms with Crippen molar-refractivity contribution < 1.29 is 31.1 Å². The molecule has 0 fully saturated rings. The largest absolute Gasteiger partial charge is 0.469 e. The second kappa shape index (κ2) is 14.2. The molecule has 3 heterocycles. The lowest BCUT2D eigenvalue weighted by Gasteiger charge is -2.30. The van der Waals surface area contributed by atoms with Crippen LogP contribution in [0.15, 0.2) is 69.9 Å². The first-order chi connectivity index (χ1) is 24.5. The molecule has 1 N–H and O–H groups in total. The molecule has 0 saturated heterocycles. The zero-order valence-corrected chi connectivity index (χ0v) is 31.5. The van der Waals surface area contributed by atoms with Crippen LogP contribution < -0.4 is 0 Å². The summed E-state index contributed by atoms with van der Waals surface area (Å²) >= 11 is 0.863. The van der Waals surface area contributed by atoms with E-state index in [4.69, 9.17) is 14.8 Å². The molecule has 4 bridgehead atoms. The van der Waals surface area contributed by atoms with E-state index in [1.165, 1.54) is 42.3 Å². The fourth-order valence-electron chi connectivity index (χ4n) is 7.02. The zero-order chi connectivity index (χ0) is 37.6. The van der Waals surface area contributed by atoms with Crippen molar-refractivity contribution in [3.63, 3.8) is 0 Å². The number of hydrogen-bond donors (Lipinski definition) is 1. The van der Waals surface area contributed by atoms with Crippen LogP contribution in [0.4, 0.5) is 13.2 Å². The lowest BCUT2D eigenvalue weighted by Crippen LogP contribution is -2.28. The van der Waals surface area contributed by atoms with Gasteiger partial charge in [0.05, 0.1) is 40.2 Å². The summed E-state index contributed by atoms with van der Waals surface area (Å²) in [5.41, 5.74) is 0.558. The summed E-state index contributed by atoms with van der Waals surface area (Å²) < 4.78 is 80.4. The lowest BCUT2D eigenvalue weighted by atomic mass is 9.75. The molecule has 0 unspecified atom stereocenters. The second-order valence-corrected chi connectivity index (χ2v) is 17.5. The molecule has 0 aliphatic carbocycles. The molecule has 1 aliphatic rings. The molecule has 13 heteroatoms. The molecule has 6 rings (SSSR count). The third kappa shape index (κ3) is 7.43. The van der Waals surface area contributed by atoms with E-state index in [0.29, 0.717) is 41.8 Å². The standard InChI is InChI=1S/C39H41F3N4O4S2/c1-23(36(47)50-6)19-24-9-7-10-25(20-24)39(4)16-8-15-38(2,3)22-52(48,49)18-14-28-27-13-17-43-33(27)31(41)32(42)34(28)51-26-11-12-30(40)29(21-26)35-44-37(39)45-46(35)5/h7,9-14,17-18,20-21,23,43H,8,15-16,19,22H2,1-6H3/b18-14+/t23-,39+/m0/s1. The Morgan fingerprint density at radius 1 is 1.08 bits per heavy atom. The van der Waals surface area contributed by atoms with Gasteiger partial charge in [-0.3, -0.25) is 4.79 Å². The third-order valence-corrected chi connectivity index (χ3v) is 12.6. The predicted molar refractivity (Wildman–Crippen MR) is 197 cm³/mol. The summed E-state index contributed by atoms with van der Waals surface area (Å²) in [6.07, 6.45) is 4.89. The maximum absolute atomic E-state index is 15.8. The van der Waals surface area contributed by atoms with Gasteiger partial charge in [0, 0.05) is 34.5 Å². The fraction of sp³-hybridized carbons (Fsp3) is 0.359. The Labute approximate surface area is 305 Å². The zero-order valence-electron chi connectivity index (χ0n) is 29.9. The monoisotopic (exact) mass is 750 g/mol. The molecule has 2 atom stereocenters. The number of rotatable bonds is 4.